The van der Waals surface area contributed by atoms with Crippen LogP contribution in [0.3, 0.4) is 0 Å². The topological polar surface area (TPSA) is 85.2 Å². The van der Waals surface area contributed by atoms with E-state index in [0.717, 1.165) is 44.9 Å². The zero-order valence-electron chi connectivity index (χ0n) is 27.2. The first-order valence-electron chi connectivity index (χ1n) is 18.1. The summed E-state index contributed by atoms with van der Waals surface area (Å²) in [6, 6.07) is 0. The fraction of sp³-hybridized carbons (Fsp3) is 0.914. The summed E-state index contributed by atoms with van der Waals surface area (Å²) in [6.07, 6.45) is 14.1. The van der Waals surface area contributed by atoms with Gasteiger partial charge in [-0.1, -0.05) is 25.3 Å². The van der Waals surface area contributed by atoms with Crippen LogP contribution in [0.1, 0.15) is 122 Å². The first kappa shape index (κ1) is 36.7. The van der Waals surface area contributed by atoms with Crippen molar-refractivity contribution in [2.45, 2.75) is 165 Å². The number of hydrogen-bond acceptors (Lipinski definition) is 6. The van der Waals surface area contributed by atoms with Crippen molar-refractivity contribution in [3.63, 3.8) is 0 Å². The molecule has 5 rings (SSSR count). The van der Waals surface area contributed by atoms with Crippen LogP contribution in [0.15, 0.2) is 12.7 Å². The average molecular weight is 643 g/mol. The van der Waals surface area contributed by atoms with Crippen LogP contribution in [-0.4, -0.2) is 73.2 Å². The van der Waals surface area contributed by atoms with Gasteiger partial charge in [-0.25, -0.2) is 13.2 Å². The summed E-state index contributed by atoms with van der Waals surface area (Å²) in [5.74, 6) is 0.679. The van der Waals surface area contributed by atoms with Gasteiger partial charge >= 0.3 is 13.1 Å². The van der Waals surface area contributed by atoms with Crippen molar-refractivity contribution in [2.75, 3.05) is 13.2 Å². The second-order valence-electron chi connectivity index (χ2n) is 14.6. The number of ether oxygens (including phenoxy) is 3. The number of alkyl halides is 3. The first-order valence-corrected chi connectivity index (χ1v) is 18.1. The molecule has 0 aromatic carbocycles. The van der Waals surface area contributed by atoms with Crippen LogP contribution in [0.5, 0.6) is 0 Å². The fourth-order valence-corrected chi connectivity index (χ4v) is 8.33. The quantitative estimate of drug-likeness (QED) is 0.145. The Morgan fingerprint density at radius 2 is 1.38 bits per heavy atom. The Morgan fingerprint density at radius 3 is 2.00 bits per heavy atom. The summed E-state index contributed by atoms with van der Waals surface area (Å²) in [5, 5.41) is 18.1. The van der Waals surface area contributed by atoms with Crippen molar-refractivity contribution >= 4 is 13.1 Å². The van der Waals surface area contributed by atoms with Crippen molar-refractivity contribution in [3.05, 3.63) is 12.7 Å². The molecule has 5 aliphatic rings. The Balaban J connectivity index is 0.000000222. The molecule has 0 aromatic heterocycles. The molecule has 6 atom stereocenters. The zero-order chi connectivity index (χ0) is 32.2. The third-order valence-corrected chi connectivity index (χ3v) is 11.3. The summed E-state index contributed by atoms with van der Waals surface area (Å²) in [5.41, 5.74) is 0. The number of carbonyl (C=O) groups is 1. The molecule has 5 saturated carbocycles. The highest BCUT2D eigenvalue weighted by Gasteiger charge is 2.39. The van der Waals surface area contributed by atoms with Gasteiger partial charge < -0.3 is 24.3 Å². The number of esters is 1. The Hall–Kier alpha value is -1.10. The largest absolute Gasteiger partial charge is 0.459 e. The summed E-state index contributed by atoms with van der Waals surface area (Å²) in [4.78, 5) is 12.5. The van der Waals surface area contributed by atoms with Gasteiger partial charge in [0.15, 0.2) is 0 Å². The maximum atomic E-state index is 14.7. The van der Waals surface area contributed by atoms with Gasteiger partial charge in [0.05, 0.1) is 24.7 Å². The second kappa shape index (κ2) is 19.0. The Labute approximate surface area is 269 Å². The molecular weight excluding hydrogens is 584 g/mol. The van der Waals surface area contributed by atoms with E-state index in [2.05, 4.69) is 6.58 Å². The molecule has 6 nitrogen and oxygen atoms in total. The van der Waals surface area contributed by atoms with Gasteiger partial charge in [0.25, 0.3) is 0 Å². The van der Waals surface area contributed by atoms with Crippen LogP contribution in [0.2, 0.25) is 5.82 Å². The molecule has 0 heterocycles. The molecular formula is C35H58BF3O6. The van der Waals surface area contributed by atoms with Gasteiger partial charge in [0.2, 0.25) is 0 Å². The Kier molecular flexibility index (Phi) is 15.5. The fourth-order valence-electron chi connectivity index (χ4n) is 8.33. The summed E-state index contributed by atoms with van der Waals surface area (Å²) in [6.45, 7) is 4.87. The summed E-state index contributed by atoms with van der Waals surface area (Å²) in [7, 11) is -1.39. The second-order valence-corrected chi connectivity index (χ2v) is 14.6. The molecule has 0 radical (unpaired) electrons. The minimum absolute atomic E-state index is 0.127. The van der Waals surface area contributed by atoms with E-state index in [1.54, 1.807) is 6.08 Å². The van der Waals surface area contributed by atoms with E-state index in [4.69, 9.17) is 24.3 Å². The van der Waals surface area contributed by atoms with Gasteiger partial charge in [0.1, 0.15) is 24.6 Å². The third-order valence-electron chi connectivity index (χ3n) is 11.3. The van der Waals surface area contributed by atoms with E-state index in [-0.39, 0.29) is 36.3 Å². The normalized spacial score (nSPS) is 38.0. The van der Waals surface area contributed by atoms with Crippen molar-refractivity contribution < 1.29 is 42.2 Å². The van der Waals surface area contributed by atoms with Crippen molar-refractivity contribution in [3.8, 4) is 0 Å². The van der Waals surface area contributed by atoms with E-state index in [1.807, 2.05) is 0 Å². The predicted octanol–water partition coefficient (Wildman–Crippen LogP) is 7.64. The maximum Gasteiger partial charge on any atom is 0.454 e. The Morgan fingerprint density at radius 1 is 0.733 bits per heavy atom. The number of rotatable bonds is 10. The highest BCUT2D eigenvalue weighted by atomic mass is 19.1. The molecule has 6 unspecified atom stereocenters. The van der Waals surface area contributed by atoms with Crippen LogP contribution >= 0.6 is 0 Å². The van der Waals surface area contributed by atoms with Crippen molar-refractivity contribution in [2.24, 2.45) is 23.7 Å². The molecule has 0 spiro atoms. The highest BCUT2D eigenvalue weighted by molar-refractivity contribution is 6.43. The monoisotopic (exact) mass is 642 g/mol. The lowest BCUT2D eigenvalue weighted by atomic mass is 9.64. The standard InChI is InChI=1S/C22H34F2O3.C13H24BFO3/c1-2-13-26-19-10-5-16(6-11-19)22(25)27-21-12-7-17(14-20(21)24)15-3-8-18(23)9-4-15;15-12-8-11(14(16)17)6-7-13(12)18-9-10-4-2-1-3-5-10/h2,15-21H,1,3-14H2;10-13,16-17H,1-9H2. The summed E-state index contributed by atoms with van der Waals surface area (Å²) < 4.78 is 58.8. The van der Waals surface area contributed by atoms with E-state index in [0.29, 0.717) is 69.5 Å². The average Bonchev–Trinajstić information content (AvgIpc) is 3.05. The minimum Gasteiger partial charge on any atom is -0.459 e. The van der Waals surface area contributed by atoms with Crippen LogP contribution in [-0.2, 0) is 19.0 Å². The molecule has 0 amide bonds. The molecule has 5 aliphatic carbocycles. The lowest BCUT2D eigenvalue weighted by Crippen LogP contribution is -2.39. The van der Waals surface area contributed by atoms with Crippen LogP contribution < -0.4 is 0 Å². The van der Waals surface area contributed by atoms with Crippen LogP contribution in [0, 0.1) is 23.7 Å². The SMILES string of the molecule is C=CCOC1CCC(C(=O)OC2CCC(C3CCC(F)CC3)CC2F)CC1.OB(O)C1CCC(OCC2CCCCC2)C(F)C1. The molecule has 5 fully saturated rings. The molecule has 258 valence electrons. The third kappa shape index (κ3) is 11.8. The molecule has 2 N–H and O–H groups in total. The molecule has 45 heavy (non-hydrogen) atoms. The smallest absolute Gasteiger partial charge is 0.454 e. The molecule has 0 saturated heterocycles. The van der Waals surface area contributed by atoms with E-state index in [9.17, 15) is 18.0 Å². The summed E-state index contributed by atoms with van der Waals surface area (Å²) >= 11 is 0. The number of carbonyl (C=O) groups excluding carboxylic acids is 1. The van der Waals surface area contributed by atoms with Gasteiger partial charge in [0, 0.05) is 6.61 Å². The van der Waals surface area contributed by atoms with Crippen LogP contribution in [0.4, 0.5) is 13.2 Å². The van der Waals surface area contributed by atoms with E-state index < -0.39 is 31.7 Å². The van der Waals surface area contributed by atoms with Crippen molar-refractivity contribution in [1.29, 1.82) is 0 Å². The molecule has 0 aromatic rings. The zero-order valence-corrected chi connectivity index (χ0v) is 27.2. The van der Waals surface area contributed by atoms with Crippen LogP contribution in [0.25, 0.3) is 0 Å². The van der Waals surface area contributed by atoms with Crippen molar-refractivity contribution in [1.82, 2.24) is 0 Å². The number of hydrogen-bond donors (Lipinski definition) is 2. The predicted molar refractivity (Wildman–Crippen MR) is 170 cm³/mol. The Bertz CT molecular complexity index is 860. The van der Waals surface area contributed by atoms with Gasteiger partial charge in [-0.2, -0.15) is 0 Å². The molecule has 0 bridgehead atoms. The minimum atomic E-state index is -1.39. The molecule has 0 aliphatic heterocycles. The first-order chi connectivity index (χ1) is 21.7. The lowest BCUT2D eigenvalue weighted by molar-refractivity contribution is -0.162. The maximum absolute atomic E-state index is 14.7. The van der Waals surface area contributed by atoms with Gasteiger partial charge in [-0.05, 0) is 126 Å². The van der Waals surface area contributed by atoms with E-state index in [1.165, 1.54) is 32.1 Å². The highest BCUT2D eigenvalue weighted by Crippen LogP contribution is 2.41. The van der Waals surface area contributed by atoms with E-state index >= 15 is 0 Å². The lowest BCUT2D eigenvalue weighted by Gasteiger charge is -2.38. The number of halogens is 3. The van der Waals surface area contributed by atoms with Gasteiger partial charge in [-0.3, -0.25) is 4.79 Å². The van der Waals surface area contributed by atoms with Gasteiger partial charge in [-0.15, -0.1) is 6.58 Å². The molecule has 10 heteroatoms.